The first-order valence-electron chi connectivity index (χ1n) is 12.6. The number of aromatic nitrogens is 2. The van der Waals surface area contributed by atoms with Gasteiger partial charge in [-0.15, -0.1) is 0 Å². The van der Waals surface area contributed by atoms with Crippen LogP contribution in [0.2, 0.25) is 0 Å². The van der Waals surface area contributed by atoms with Crippen molar-refractivity contribution in [2.75, 3.05) is 36.5 Å². The van der Waals surface area contributed by atoms with E-state index in [1.165, 1.54) is 5.56 Å². The number of pyridine rings is 2. The lowest BCUT2D eigenvalue weighted by atomic mass is 9.79. The molecular formula is C28H28F4N4O2. The van der Waals surface area contributed by atoms with E-state index < -0.39 is 29.2 Å². The highest BCUT2D eigenvalue weighted by Gasteiger charge is 2.38. The second-order valence-electron chi connectivity index (χ2n) is 9.76. The van der Waals surface area contributed by atoms with Gasteiger partial charge >= 0.3 is 6.18 Å². The van der Waals surface area contributed by atoms with Crippen molar-refractivity contribution in [1.82, 2.24) is 9.97 Å². The smallest absolute Gasteiger partial charge is 0.381 e. The van der Waals surface area contributed by atoms with Crippen molar-refractivity contribution < 1.29 is 27.1 Å². The van der Waals surface area contributed by atoms with E-state index >= 15 is 0 Å². The van der Waals surface area contributed by atoms with Crippen LogP contribution in [0.5, 0.6) is 0 Å². The molecule has 5 rings (SSSR count). The van der Waals surface area contributed by atoms with Crippen LogP contribution in [0.4, 0.5) is 29.1 Å². The van der Waals surface area contributed by atoms with Gasteiger partial charge in [0.05, 0.1) is 12.2 Å². The van der Waals surface area contributed by atoms with E-state index in [2.05, 4.69) is 28.2 Å². The maximum absolute atomic E-state index is 14.5. The van der Waals surface area contributed by atoms with Crippen LogP contribution in [0, 0.1) is 18.7 Å². The van der Waals surface area contributed by atoms with Crippen molar-refractivity contribution in [3.05, 3.63) is 70.9 Å². The molecule has 4 heterocycles. The lowest BCUT2D eigenvalue weighted by molar-refractivity contribution is -0.143. The highest BCUT2D eigenvalue weighted by atomic mass is 19.4. The number of benzene rings is 1. The first kappa shape index (κ1) is 26.1. The Kier molecular flexibility index (Phi) is 7.09. The summed E-state index contributed by atoms with van der Waals surface area (Å²) in [4.78, 5) is 22.9. The Morgan fingerprint density at radius 3 is 2.79 bits per heavy atom. The molecule has 1 amide bonds. The molecule has 0 unspecified atom stereocenters. The Morgan fingerprint density at radius 2 is 2.03 bits per heavy atom. The molecule has 2 aromatic heterocycles. The van der Waals surface area contributed by atoms with Gasteiger partial charge in [-0.2, -0.15) is 13.2 Å². The number of nitrogens with one attached hydrogen (secondary N) is 1. The molecule has 0 saturated carbocycles. The highest BCUT2D eigenvalue weighted by molar-refractivity contribution is 6.04. The van der Waals surface area contributed by atoms with Gasteiger partial charge in [-0.25, -0.2) is 14.4 Å². The second kappa shape index (κ2) is 10.3. The normalized spacial score (nSPS) is 19.4. The number of halogens is 4. The van der Waals surface area contributed by atoms with E-state index in [0.29, 0.717) is 24.1 Å². The zero-order chi connectivity index (χ0) is 27.0. The van der Waals surface area contributed by atoms with Crippen LogP contribution in [0.25, 0.3) is 11.1 Å². The van der Waals surface area contributed by atoms with Crippen LogP contribution < -0.4 is 10.2 Å². The zero-order valence-corrected chi connectivity index (χ0v) is 21.1. The van der Waals surface area contributed by atoms with Gasteiger partial charge < -0.3 is 15.0 Å². The van der Waals surface area contributed by atoms with Crippen LogP contribution >= 0.6 is 0 Å². The topological polar surface area (TPSA) is 67.3 Å². The molecular weight excluding hydrogens is 500 g/mol. The minimum absolute atomic E-state index is 0.328. The number of hydrogen-bond acceptors (Lipinski definition) is 5. The third-order valence-corrected chi connectivity index (χ3v) is 7.34. The van der Waals surface area contributed by atoms with E-state index in [1.807, 2.05) is 6.92 Å². The second-order valence-corrected chi connectivity index (χ2v) is 9.76. The molecule has 0 aliphatic carbocycles. The lowest BCUT2D eigenvalue weighted by Gasteiger charge is -2.39. The number of carbonyl (C=O) groups is 1. The third kappa shape index (κ3) is 4.97. The zero-order valence-electron chi connectivity index (χ0n) is 21.1. The molecule has 6 nitrogen and oxygen atoms in total. The molecule has 2 aliphatic heterocycles. The van der Waals surface area contributed by atoms with Gasteiger partial charge in [-0.1, -0.05) is 6.07 Å². The molecule has 0 radical (unpaired) electrons. The molecule has 38 heavy (non-hydrogen) atoms. The fourth-order valence-corrected chi connectivity index (χ4v) is 5.41. The summed E-state index contributed by atoms with van der Waals surface area (Å²) in [5.74, 6) is -0.996. The summed E-state index contributed by atoms with van der Waals surface area (Å²) < 4.78 is 59.4. The summed E-state index contributed by atoms with van der Waals surface area (Å²) in [7, 11) is 0. The van der Waals surface area contributed by atoms with Gasteiger partial charge in [-0.05, 0) is 73.6 Å². The van der Waals surface area contributed by atoms with Gasteiger partial charge in [0.15, 0.2) is 11.5 Å². The fourth-order valence-electron chi connectivity index (χ4n) is 5.41. The summed E-state index contributed by atoms with van der Waals surface area (Å²) in [5, 5.41) is 2.53. The van der Waals surface area contributed by atoms with Crippen molar-refractivity contribution in [2.45, 2.75) is 38.8 Å². The SMILES string of the molecule is CCN1C[C@@H]2COCCC[C@H]2c2cc(-c3cc(NC(=O)c4ccnc(C(F)(F)F)c4F)ccc3C)cnc21. The van der Waals surface area contributed by atoms with Gasteiger partial charge in [0.25, 0.3) is 5.91 Å². The summed E-state index contributed by atoms with van der Waals surface area (Å²) in [5.41, 5.74) is 1.67. The molecule has 10 heteroatoms. The van der Waals surface area contributed by atoms with Crippen LogP contribution in [0.15, 0.2) is 42.7 Å². The molecule has 1 fully saturated rings. The largest absolute Gasteiger partial charge is 0.436 e. The van der Waals surface area contributed by atoms with Gasteiger partial charge in [0, 0.05) is 49.3 Å². The maximum atomic E-state index is 14.5. The molecule has 0 bridgehead atoms. The average molecular weight is 529 g/mol. The van der Waals surface area contributed by atoms with Gasteiger partial charge in [0.1, 0.15) is 5.82 Å². The quantitative estimate of drug-likeness (QED) is 0.408. The minimum Gasteiger partial charge on any atom is -0.381 e. The molecule has 1 aromatic carbocycles. The summed E-state index contributed by atoms with van der Waals surface area (Å²) in [6, 6.07) is 8.24. The highest BCUT2D eigenvalue weighted by Crippen LogP contribution is 2.43. The van der Waals surface area contributed by atoms with Crippen LogP contribution in [-0.2, 0) is 10.9 Å². The predicted octanol–water partition coefficient (Wildman–Crippen LogP) is 6.21. The van der Waals surface area contributed by atoms with Crippen molar-refractivity contribution >= 4 is 17.4 Å². The molecule has 200 valence electrons. The van der Waals surface area contributed by atoms with Crippen LogP contribution in [0.3, 0.4) is 0 Å². The summed E-state index contributed by atoms with van der Waals surface area (Å²) in [6.07, 6.45) is -0.425. The molecule has 2 atom stereocenters. The molecule has 1 saturated heterocycles. The number of fused-ring (bicyclic) bond motifs is 3. The molecule has 1 N–H and O–H groups in total. The third-order valence-electron chi connectivity index (χ3n) is 7.34. The van der Waals surface area contributed by atoms with E-state index in [4.69, 9.17) is 9.72 Å². The Hall–Kier alpha value is -3.53. The predicted molar refractivity (Wildman–Crippen MR) is 136 cm³/mol. The number of amides is 1. The maximum Gasteiger partial charge on any atom is 0.436 e. The van der Waals surface area contributed by atoms with E-state index in [-0.39, 0.29) is 0 Å². The first-order chi connectivity index (χ1) is 18.2. The van der Waals surface area contributed by atoms with Crippen LogP contribution in [0.1, 0.15) is 52.9 Å². The Balaban J connectivity index is 1.47. The summed E-state index contributed by atoms with van der Waals surface area (Å²) >= 11 is 0. The molecule has 3 aromatic rings. The number of anilines is 2. The number of ether oxygens (including phenoxy) is 1. The first-order valence-corrected chi connectivity index (χ1v) is 12.6. The summed E-state index contributed by atoms with van der Waals surface area (Å²) in [6.45, 7) is 7.25. The van der Waals surface area contributed by atoms with Gasteiger partial charge in [0.2, 0.25) is 0 Å². The van der Waals surface area contributed by atoms with E-state index in [1.54, 1.807) is 24.4 Å². The van der Waals surface area contributed by atoms with Crippen molar-refractivity contribution in [1.29, 1.82) is 0 Å². The lowest BCUT2D eigenvalue weighted by Crippen LogP contribution is -2.39. The van der Waals surface area contributed by atoms with Crippen molar-refractivity contribution in [3.63, 3.8) is 0 Å². The minimum atomic E-state index is -5.01. The Labute approximate surface area is 218 Å². The van der Waals surface area contributed by atoms with Gasteiger partial charge in [-0.3, -0.25) is 4.79 Å². The Morgan fingerprint density at radius 1 is 1.21 bits per heavy atom. The van der Waals surface area contributed by atoms with Crippen LogP contribution in [-0.4, -0.2) is 42.2 Å². The Bertz CT molecular complexity index is 1360. The fraction of sp³-hybridized carbons (Fsp3) is 0.393. The number of aryl methyl sites for hydroxylation is 1. The number of rotatable bonds is 4. The average Bonchev–Trinajstić information content (AvgIpc) is 3.14. The molecule has 0 spiro atoms. The number of alkyl halides is 3. The number of nitrogens with zero attached hydrogens (tertiary/aromatic N) is 3. The van der Waals surface area contributed by atoms with E-state index in [0.717, 1.165) is 67.3 Å². The van der Waals surface area contributed by atoms with Crippen molar-refractivity contribution in [3.8, 4) is 11.1 Å². The molecule has 2 aliphatic rings. The monoisotopic (exact) mass is 528 g/mol. The number of carbonyl (C=O) groups excluding carboxylic acids is 1. The number of hydrogen-bond donors (Lipinski definition) is 1. The van der Waals surface area contributed by atoms with E-state index in [9.17, 15) is 22.4 Å². The van der Waals surface area contributed by atoms with Crippen molar-refractivity contribution in [2.24, 2.45) is 5.92 Å². The standard InChI is InChI=1S/C28H28F4N4O2/c1-3-36-14-18-15-38-10-4-5-20(18)23-11-17(13-34-26(23)36)22-12-19(7-6-16(22)2)35-27(37)21-8-9-33-25(24(21)29)28(30,31)32/h6-9,11-13,18,20H,3-5,10,14-15H2,1-2H3,(H,35,37)/t18-,20-/m1/s1.